The fraction of sp³-hybridized carbons (Fsp3) is 0.389. The number of nitrogens with zero attached hydrogens (tertiary/aromatic N) is 2. The lowest BCUT2D eigenvalue weighted by Crippen LogP contribution is -2.36. The standard InChI is InChI=1S/C18H20FN3O6/c1-10-13(23)14(24)16(28-10)22-9-12(19)15(20-17(22)25)21-18(26)27-8-7-11-5-3-2-4-6-11/h2-6,9-10,13-14,16,23-24H,7-8H2,1H3,(H,20,21,25,26)/t10-,13?,14?,16-/m1/s1. The van der Waals surface area contributed by atoms with E-state index in [0.717, 1.165) is 16.3 Å². The number of anilines is 1. The van der Waals surface area contributed by atoms with Gasteiger partial charge in [-0.05, 0) is 12.5 Å². The van der Waals surface area contributed by atoms with Gasteiger partial charge in [0, 0.05) is 6.42 Å². The second-order valence-corrected chi connectivity index (χ2v) is 6.34. The van der Waals surface area contributed by atoms with Crippen LogP contribution in [0.1, 0.15) is 18.7 Å². The van der Waals surface area contributed by atoms with Gasteiger partial charge in [-0.1, -0.05) is 30.3 Å². The van der Waals surface area contributed by atoms with Crippen molar-refractivity contribution in [2.75, 3.05) is 11.9 Å². The number of halogens is 1. The molecule has 2 heterocycles. The molecule has 9 nitrogen and oxygen atoms in total. The fourth-order valence-corrected chi connectivity index (χ4v) is 2.81. The molecule has 2 unspecified atom stereocenters. The Morgan fingerprint density at radius 1 is 1.32 bits per heavy atom. The number of hydrogen-bond acceptors (Lipinski definition) is 7. The summed E-state index contributed by atoms with van der Waals surface area (Å²) in [6.07, 6.45) is -4.41. The van der Waals surface area contributed by atoms with Crippen LogP contribution in [0.3, 0.4) is 0 Å². The summed E-state index contributed by atoms with van der Waals surface area (Å²) in [6, 6.07) is 9.33. The lowest BCUT2D eigenvalue weighted by atomic mass is 10.1. The van der Waals surface area contributed by atoms with Crippen LogP contribution in [-0.2, 0) is 15.9 Å². The van der Waals surface area contributed by atoms with Crippen LogP contribution in [0, 0.1) is 5.82 Å². The van der Waals surface area contributed by atoms with Crippen LogP contribution in [-0.4, -0.2) is 50.8 Å². The molecule has 2 aromatic rings. The SMILES string of the molecule is C[C@H]1O[C@@H](n2cc(F)c(NC(=O)OCCc3ccccc3)nc2=O)C(O)C1O. The molecule has 0 bridgehead atoms. The van der Waals surface area contributed by atoms with E-state index >= 15 is 0 Å². The molecule has 1 amide bonds. The first-order chi connectivity index (χ1) is 13.4. The largest absolute Gasteiger partial charge is 0.449 e. The Hall–Kier alpha value is -2.82. The van der Waals surface area contributed by atoms with Crippen LogP contribution in [0.4, 0.5) is 15.0 Å². The van der Waals surface area contributed by atoms with Crippen LogP contribution in [0.2, 0.25) is 0 Å². The molecule has 1 saturated heterocycles. The Labute approximate surface area is 159 Å². The molecule has 10 heteroatoms. The number of benzene rings is 1. The second kappa shape index (κ2) is 8.46. The molecule has 0 spiro atoms. The normalized spacial score (nSPS) is 24.1. The van der Waals surface area contributed by atoms with Gasteiger partial charge in [-0.15, -0.1) is 0 Å². The van der Waals surface area contributed by atoms with Gasteiger partial charge in [-0.25, -0.2) is 14.0 Å². The van der Waals surface area contributed by atoms with E-state index in [-0.39, 0.29) is 6.61 Å². The number of aliphatic hydroxyl groups excluding tert-OH is 2. The van der Waals surface area contributed by atoms with Crippen LogP contribution < -0.4 is 11.0 Å². The summed E-state index contributed by atoms with van der Waals surface area (Å²) in [6.45, 7) is 1.57. The third-order valence-electron chi connectivity index (χ3n) is 4.35. The highest BCUT2D eigenvalue weighted by atomic mass is 19.1. The Morgan fingerprint density at radius 3 is 2.68 bits per heavy atom. The molecular weight excluding hydrogens is 373 g/mol. The summed E-state index contributed by atoms with van der Waals surface area (Å²) in [4.78, 5) is 27.4. The topological polar surface area (TPSA) is 123 Å². The van der Waals surface area contributed by atoms with Gasteiger partial charge in [0.15, 0.2) is 17.9 Å². The molecule has 1 aromatic carbocycles. The van der Waals surface area contributed by atoms with Gasteiger partial charge >= 0.3 is 11.8 Å². The molecule has 0 radical (unpaired) electrons. The average Bonchev–Trinajstić information content (AvgIpc) is 2.92. The van der Waals surface area contributed by atoms with E-state index in [1.54, 1.807) is 0 Å². The summed E-state index contributed by atoms with van der Waals surface area (Å²) in [5.74, 6) is -1.63. The van der Waals surface area contributed by atoms with Gasteiger partial charge in [0.1, 0.15) is 12.2 Å². The minimum atomic E-state index is -1.42. The quantitative estimate of drug-likeness (QED) is 0.687. The third-order valence-corrected chi connectivity index (χ3v) is 4.35. The van der Waals surface area contributed by atoms with E-state index < -0.39 is 48.0 Å². The lowest BCUT2D eigenvalue weighted by molar-refractivity contribution is -0.0355. The highest BCUT2D eigenvalue weighted by molar-refractivity contribution is 5.83. The number of rotatable bonds is 5. The van der Waals surface area contributed by atoms with Crippen molar-refractivity contribution in [3.8, 4) is 0 Å². The Bertz CT molecular complexity index is 891. The molecule has 1 fully saturated rings. The third kappa shape index (κ3) is 4.35. The molecule has 28 heavy (non-hydrogen) atoms. The van der Waals surface area contributed by atoms with Gasteiger partial charge in [0.2, 0.25) is 0 Å². The summed E-state index contributed by atoms with van der Waals surface area (Å²) in [5.41, 5.74) is 0.0000700. The Balaban J connectivity index is 1.63. The van der Waals surface area contributed by atoms with Gasteiger partial charge in [0.05, 0.1) is 18.9 Å². The maximum Gasteiger partial charge on any atom is 0.412 e. The molecule has 4 atom stereocenters. The maximum absolute atomic E-state index is 14.3. The zero-order chi connectivity index (χ0) is 20.3. The van der Waals surface area contributed by atoms with Crippen LogP contribution in [0.5, 0.6) is 0 Å². The number of ether oxygens (including phenoxy) is 2. The van der Waals surface area contributed by atoms with Gasteiger partial charge in [-0.2, -0.15) is 4.98 Å². The zero-order valence-corrected chi connectivity index (χ0v) is 15.0. The summed E-state index contributed by atoms with van der Waals surface area (Å²) >= 11 is 0. The molecule has 1 aliphatic rings. The van der Waals surface area contributed by atoms with Crippen LogP contribution in [0.15, 0.2) is 41.3 Å². The number of nitrogens with one attached hydrogen (secondary N) is 1. The van der Waals surface area contributed by atoms with E-state index in [4.69, 9.17) is 9.47 Å². The lowest BCUT2D eigenvalue weighted by Gasteiger charge is -2.17. The number of amides is 1. The summed E-state index contributed by atoms with van der Waals surface area (Å²) < 4.78 is 25.2. The first kappa shape index (κ1) is 19.9. The number of carbonyl (C=O) groups excluding carboxylic acids is 1. The van der Waals surface area contributed by atoms with E-state index in [0.29, 0.717) is 6.42 Å². The number of aliphatic hydroxyl groups is 2. The van der Waals surface area contributed by atoms with Crippen molar-refractivity contribution in [1.82, 2.24) is 9.55 Å². The number of hydrogen-bond donors (Lipinski definition) is 3. The highest BCUT2D eigenvalue weighted by Gasteiger charge is 2.42. The molecule has 3 rings (SSSR count). The number of carbonyl (C=O) groups is 1. The molecule has 150 valence electrons. The molecule has 0 saturated carbocycles. The molecule has 1 aliphatic heterocycles. The smallest absolute Gasteiger partial charge is 0.412 e. The minimum absolute atomic E-state index is 0.0619. The average molecular weight is 393 g/mol. The number of aromatic nitrogens is 2. The zero-order valence-electron chi connectivity index (χ0n) is 15.0. The van der Waals surface area contributed by atoms with Crippen molar-refractivity contribution in [2.24, 2.45) is 0 Å². The van der Waals surface area contributed by atoms with E-state index in [9.17, 15) is 24.2 Å². The molecular formula is C18H20FN3O6. The summed E-state index contributed by atoms with van der Waals surface area (Å²) in [5, 5.41) is 21.7. The fourth-order valence-electron chi connectivity index (χ4n) is 2.81. The monoisotopic (exact) mass is 393 g/mol. The van der Waals surface area contributed by atoms with Gasteiger partial charge < -0.3 is 19.7 Å². The van der Waals surface area contributed by atoms with Crippen molar-refractivity contribution in [3.05, 3.63) is 58.4 Å². The molecule has 3 N–H and O–H groups in total. The van der Waals surface area contributed by atoms with Crippen molar-refractivity contribution in [1.29, 1.82) is 0 Å². The van der Waals surface area contributed by atoms with Gasteiger partial charge in [-0.3, -0.25) is 9.88 Å². The van der Waals surface area contributed by atoms with E-state index in [2.05, 4.69) is 10.3 Å². The van der Waals surface area contributed by atoms with E-state index in [1.807, 2.05) is 30.3 Å². The van der Waals surface area contributed by atoms with Crippen molar-refractivity contribution < 1.29 is 28.9 Å². The highest BCUT2D eigenvalue weighted by Crippen LogP contribution is 2.28. The maximum atomic E-state index is 14.3. The Kier molecular flexibility index (Phi) is 6.02. The predicted molar refractivity (Wildman–Crippen MR) is 95.2 cm³/mol. The van der Waals surface area contributed by atoms with Crippen molar-refractivity contribution in [3.63, 3.8) is 0 Å². The van der Waals surface area contributed by atoms with Gasteiger partial charge in [0.25, 0.3) is 0 Å². The van der Waals surface area contributed by atoms with Crippen molar-refractivity contribution >= 4 is 11.9 Å². The first-order valence-electron chi connectivity index (χ1n) is 8.65. The first-order valence-corrected chi connectivity index (χ1v) is 8.65. The van der Waals surface area contributed by atoms with E-state index in [1.165, 1.54) is 6.92 Å². The van der Waals surface area contributed by atoms with Crippen molar-refractivity contribution in [2.45, 2.75) is 37.9 Å². The molecule has 0 aliphatic carbocycles. The summed E-state index contributed by atoms with van der Waals surface area (Å²) in [7, 11) is 0. The van der Waals surface area contributed by atoms with Crippen LogP contribution in [0.25, 0.3) is 0 Å². The predicted octanol–water partition coefficient (Wildman–Crippen LogP) is 0.813. The minimum Gasteiger partial charge on any atom is -0.449 e. The molecule has 1 aromatic heterocycles. The second-order valence-electron chi connectivity index (χ2n) is 6.34. The van der Waals surface area contributed by atoms with Crippen LogP contribution >= 0.6 is 0 Å². The Morgan fingerprint density at radius 2 is 2.04 bits per heavy atom.